The number of primary amides is 1. The maximum absolute atomic E-state index is 10.8. The summed E-state index contributed by atoms with van der Waals surface area (Å²) in [6.45, 7) is 9.58. The predicted molar refractivity (Wildman–Crippen MR) is 67.7 cm³/mol. The van der Waals surface area contributed by atoms with Gasteiger partial charge in [0, 0.05) is 6.54 Å². The molecule has 0 aliphatic carbocycles. The van der Waals surface area contributed by atoms with Crippen LogP contribution >= 0.6 is 0 Å². The fourth-order valence-electron chi connectivity index (χ4n) is 1.12. The Balaban J connectivity index is 2.56. The Labute approximate surface area is 102 Å². The highest BCUT2D eigenvalue weighted by Crippen LogP contribution is 2.25. The van der Waals surface area contributed by atoms with Crippen LogP contribution in [0.3, 0.4) is 0 Å². The van der Waals surface area contributed by atoms with Crippen molar-refractivity contribution >= 4 is 11.7 Å². The number of amides is 1. The topological polar surface area (TPSA) is 80.9 Å². The molecule has 5 nitrogen and oxygen atoms in total. The summed E-state index contributed by atoms with van der Waals surface area (Å²) in [5.41, 5.74) is 5.50. The van der Waals surface area contributed by atoms with Gasteiger partial charge in [0.1, 0.15) is 5.82 Å². The van der Waals surface area contributed by atoms with Crippen molar-refractivity contribution in [2.45, 2.75) is 27.7 Å². The first-order valence-corrected chi connectivity index (χ1v) is 5.68. The van der Waals surface area contributed by atoms with Gasteiger partial charge in [-0.1, -0.05) is 27.7 Å². The summed E-state index contributed by atoms with van der Waals surface area (Å²) >= 11 is 0. The molecule has 1 rings (SSSR count). The lowest BCUT2D eigenvalue weighted by atomic mass is 9.82. The van der Waals surface area contributed by atoms with Gasteiger partial charge in [-0.15, -0.1) is 10.2 Å². The van der Waals surface area contributed by atoms with Crippen molar-refractivity contribution in [3.63, 3.8) is 0 Å². The quantitative estimate of drug-likeness (QED) is 0.833. The summed E-state index contributed by atoms with van der Waals surface area (Å²) in [6.07, 6.45) is 0. The molecule has 1 unspecified atom stereocenters. The van der Waals surface area contributed by atoms with Gasteiger partial charge in [0.05, 0.1) is 0 Å². The third-order valence-electron chi connectivity index (χ3n) is 2.98. The van der Waals surface area contributed by atoms with Gasteiger partial charge in [0.25, 0.3) is 5.91 Å². The fraction of sp³-hybridized carbons (Fsp3) is 0.583. The molecule has 0 spiro atoms. The van der Waals surface area contributed by atoms with E-state index in [-0.39, 0.29) is 11.1 Å². The van der Waals surface area contributed by atoms with E-state index in [2.05, 4.69) is 43.2 Å². The minimum Gasteiger partial charge on any atom is -0.368 e. The van der Waals surface area contributed by atoms with E-state index >= 15 is 0 Å². The third-order valence-corrected chi connectivity index (χ3v) is 2.98. The highest BCUT2D eigenvalue weighted by Gasteiger charge is 2.19. The number of nitrogens with two attached hydrogens (primary N) is 1. The fourth-order valence-corrected chi connectivity index (χ4v) is 1.12. The molecule has 94 valence electrons. The Bertz CT molecular complexity index is 380. The Morgan fingerprint density at radius 3 is 2.47 bits per heavy atom. The van der Waals surface area contributed by atoms with Gasteiger partial charge in [0.2, 0.25) is 0 Å². The molecule has 0 aliphatic heterocycles. The first-order valence-electron chi connectivity index (χ1n) is 5.68. The lowest BCUT2D eigenvalue weighted by molar-refractivity contribution is 0.0994. The first-order chi connectivity index (χ1) is 7.80. The molecule has 0 fully saturated rings. The van der Waals surface area contributed by atoms with Crippen LogP contribution in [0.15, 0.2) is 12.1 Å². The Morgan fingerprint density at radius 2 is 2.06 bits per heavy atom. The molecular weight excluding hydrogens is 216 g/mol. The van der Waals surface area contributed by atoms with Crippen molar-refractivity contribution < 1.29 is 4.79 Å². The summed E-state index contributed by atoms with van der Waals surface area (Å²) < 4.78 is 0. The zero-order valence-corrected chi connectivity index (χ0v) is 10.8. The molecule has 1 amide bonds. The van der Waals surface area contributed by atoms with E-state index in [0.717, 1.165) is 6.54 Å². The number of rotatable bonds is 4. The number of carbonyl (C=O) groups is 1. The van der Waals surface area contributed by atoms with Gasteiger partial charge >= 0.3 is 0 Å². The van der Waals surface area contributed by atoms with Gasteiger partial charge in [-0.25, -0.2) is 0 Å². The van der Waals surface area contributed by atoms with Crippen LogP contribution in [0.2, 0.25) is 0 Å². The van der Waals surface area contributed by atoms with Crippen molar-refractivity contribution in [2.75, 3.05) is 11.9 Å². The average molecular weight is 236 g/mol. The monoisotopic (exact) mass is 236 g/mol. The van der Waals surface area contributed by atoms with Gasteiger partial charge in [-0.05, 0) is 23.5 Å². The van der Waals surface area contributed by atoms with Gasteiger partial charge in [-0.2, -0.15) is 0 Å². The largest absolute Gasteiger partial charge is 0.368 e. The van der Waals surface area contributed by atoms with Gasteiger partial charge < -0.3 is 11.1 Å². The van der Waals surface area contributed by atoms with E-state index in [0.29, 0.717) is 11.7 Å². The molecule has 1 atom stereocenters. The van der Waals surface area contributed by atoms with E-state index in [9.17, 15) is 4.79 Å². The minimum atomic E-state index is -0.563. The summed E-state index contributed by atoms with van der Waals surface area (Å²) in [6, 6.07) is 3.28. The van der Waals surface area contributed by atoms with Crippen molar-refractivity contribution in [3.05, 3.63) is 17.8 Å². The Morgan fingerprint density at radius 1 is 1.41 bits per heavy atom. The standard InChI is InChI=1S/C12H20N4O/c1-8(12(2,3)4)7-14-10-6-5-9(11(13)17)15-16-10/h5-6,8H,7H2,1-4H3,(H2,13,17)(H,14,16). The van der Waals surface area contributed by atoms with E-state index in [4.69, 9.17) is 5.73 Å². The highest BCUT2D eigenvalue weighted by molar-refractivity contribution is 5.90. The van der Waals surface area contributed by atoms with E-state index in [1.54, 1.807) is 12.1 Å². The molecule has 5 heteroatoms. The lowest BCUT2D eigenvalue weighted by Crippen LogP contribution is -2.25. The number of aromatic nitrogens is 2. The molecule has 0 saturated carbocycles. The summed E-state index contributed by atoms with van der Waals surface area (Å²) in [5.74, 6) is 0.596. The second kappa shape index (κ2) is 5.12. The van der Waals surface area contributed by atoms with Crippen molar-refractivity contribution in [3.8, 4) is 0 Å². The van der Waals surface area contributed by atoms with E-state index in [1.165, 1.54) is 0 Å². The van der Waals surface area contributed by atoms with Crippen LogP contribution in [0.25, 0.3) is 0 Å². The van der Waals surface area contributed by atoms with Crippen LogP contribution in [-0.2, 0) is 0 Å². The van der Waals surface area contributed by atoms with Crippen molar-refractivity contribution in [2.24, 2.45) is 17.1 Å². The molecule has 0 aliphatic rings. The maximum Gasteiger partial charge on any atom is 0.269 e. The van der Waals surface area contributed by atoms with Crippen LogP contribution in [0.5, 0.6) is 0 Å². The van der Waals surface area contributed by atoms with Gasteiger partial charge in [0.15, 0.2) is 5.69 Å². The molecular formula is C12H20N4O. The Kier molecular flexibility index (Phi) is 4.04. The SMILES string of the molecule is CC(CNc1ccc(C(N)=O)nn1)C(C)(C)C. The van der Waals surface area contributed by atoms with Crippen LogP contribution in [0, 0.1) is 11.3 Å². The summed E-state index contributed by atoms with van der Waals surface area (Å²) in [7, 11) is 0. The number of anilines is 1. The zero-order chi connectivity index (χ0) is 13.1. The number of nitrogens with zero attached hydrogens (tertiary/aromatic N) is 2. The molecule has 0 aromatic carbocycles. The second-order valence-corrected chi connectivity index (χ2v) is 5.32. The average Bonchev–Trinajstić information content (AvgIpc) is 2.25. The lowest BCUT2D eigenvalue weighted by Gasteiger charge is -2.27. The highest BCUT2D eigenvalue weighted by atomic mass is 16.1. The van der Waals surface area contributed by atoms with Crippen LogP contribution in [-0.4, -0.2) is 22.6 Å². The van der Waals surface area contributed by atoms with Gasteiger partial charge in [-0.3, -0.25) is 4.79 Å². The minimum absolute atomic E-state index is 0.180. The number of hydrogen-bond acceptors (Lipinski definition) is 4. The van der Waals surface area contributed by atoms with Crippen molar-refractivity contribution in [1.29, 1.82) is 0 Å². The molecule has 1 aromatic heterocycles. The van der Waals surface area contributed by atoms with Crippen LogP contribution in [0.1, 0.15) is 38.2 Å². The van der Waals surface area contributed by atoms with Crippen molar-refractivity contribution in [1.82, 2.24) is 10.2 Å². The molecule has 0 bridgehead atoms. The maximum atomic E-state index is 10.8. The summed E-state index contributed by atoms with van der Waals surface area (Å²) in [4.78, 5) is 10.8. The molecule has 1 aromatic rings. The molecule has 0 saturated heterocycles. The van der Waals surface area contributed by atoms with E-state index < -0.39 is 5.91 Å². The van der Waals surface area contributed by atoms with Crippen LogP contribution < -0.4 is 11.1 Å². The summed E-state index contributed by atoms with van der Waals surface area (Å²) in [5, 5.41) is 10.8. The molecule has 0 radical (unpaired) electrons. The number of carbonyl (C=O) groups excluding carboxylic acids is 1. The molecule has 17 heavy (non-hydrogen) atoms. The van der Waals surface area contributed by atoms with E-state index in [1.807, 2.05) is 0 Å². The smallest absolute Gasteiger partial charge is 0.269 e. The molecule has 1 heterocycles. The number of hydrogen-bond donors (Lipinski definition) is 2. The third kappa shape index (κ3) is 4.01. The second-order valence-electron chi connectivity index (χ2n) is 5.32. The predicted octanol–water partition coefficient (Wildman–Crippen LogP) is 1.67. The van der Waals surface area contributed by atoms with Crippen LogP contribution in [0.4, 0.5) is 5.82 Å². The first kappa shape index (κ1) is 13.4. The Hall–Kier alpha value is -1.65. The number of nitrogens with one attached hydrogen (secondary N) is 1. The zero-order valence-electron chi connectivity index (χ0n) is 10.8. The molecule has 3 N–H and O–H groups in total. The normalized spacial score (nSPS) is 13.2.